The van der Waals surface area contributed by atoms with E-state index in [0.29, 0.717) is 18.7 Å². The Hall–Kier alpha value is -2.40. The third-order valence-corrected chi connectivity index (χ3v) is 4.57. The van der Waals surface area contributed by atoms with Crippen molar-refractivity contribution in [2.45, 2.75) is 26.2 Å². The van der Waals surface area contributed by atoms with E-state index in [1.165, 1.54) is 18.2 Å². The van der Waals surface area contributed by atoms with E-state index in [1.54, 1.807) is 17.0 Å². The number of hydrogen-bond donors (Lipinski definition) is 1. The maximum atomic E-state index is 13.9. The van der Waals surface area contributed by atoms with Crippen LogP contribution in [0.2, 0.25) is 5.02 Å². The molecule has 1 aliphatic heterocycles. The second-order valence-electron chi connectivity index (χ2n) is 5.90. The number of carbonyl (C=O) groups is 2. The molecule has 0 aliphatic carbocycles. The molecule has 0 unspecified atom stereocenters. The molecule has 2 amide bonds. The first-order valence-electron chi connectivity index (χ1n) is 8.20. The molecular weight excluding hydrogens is 343 g/mol. The van der Waals surface area contributed by atoms with Gasteiger partial charge in [0, 0.05) is 24.3 Å². The Morgan fingerprint density at radius 3 is 2.80 bits per heavy atom. The molecule has 0 atom stereocenters. The molecule has 4 nitrogen and oxygen atoms in total. The molecule has 2 aromatic carbocycles. The summed E-state index contributed by atoms with van der Waals surface area (Å²) in [6.45, 7) is 2.48. The van der Waals surface area contributed by atoms with E-state index in [2.05, 4.69) is 5.32 Å². The van der Waals surface area contributed by atoms with Crippen molar-refractivity contribution in [3.63, 3.8) is 0 Å². The summed E-state index contributed by atoms with van der Waals surface area (Å²) >= 11 is 5.94. The molecule has 0 radical (unpaired) electrons. The average Bonchev–Trinajstić information content (AvgIpc) is 2.60. The molecule has 0 fully saturated rings. The SMILES string of the molecule is CCC(=O)N1CCCc2ccc(NC(=O)c3c(F)cccc3Cl)cc21. The normalized spacial score (nSPS) is 13.3. The van der Waals surface area contributed by atoms with E-state index < -0.39 is 11.7 Å². The summed E-state index contributed by atoms with van der Waals surface area (Å²) in [5.74, 6) is -1.25. The lowest BCUT2D eigenvalue weighted by Gasteiger charge is -2.29. The second kappa shape index (κ2) is 7.23. The molecule has 3 rings (SSSR count). The molecule has 25 heavy (non-hydrogen) atoms. The van der Waals surface area contributed by atoms with Gasteiger partial charge in [0.05, 0.1) is 10.6 Å². The number of benzene rings is 2. The number of aryl methyl sites for hydroxylation is 1. The summed E-state index contributed by atoms with van der Waals surface area (Å²) in [7, 11) is 0. The zero-order valence-electron chi connectivity index (χ0n) is 13.8. The molecule has 6 heteroatoms. The average molecular weight is 361 g/mol. The van der Waals surface area contributed by atoms with Gasteiger partial charge in [-0.1, -0.05) is 30.7 Å². The molecule has 0 spiro atoms. The van der Waals surface area contributed by atoms with Gasteiger partial charge >= 0.3 is 0 Å². The monoisotopic (exact) mass is 360 g/mol. The number of halogens is 2. The molecule has 1 heterocycles. The number of anilines is 2. The van der Waals surface area contributed by atoms with E-state index >= 15 is 0 Å². The van der Waals surface area contributed by atoms with Crippen LogP contribution in [0.25, 0.3) is 0 Å². The van der Waals surface area contributed by atoms with Crippen LogP contribution in [0.15, 0.2) is 36.4 Å². The van der Waals surface area contributed by atoms with Crippen LogP contribution in [-0.2, 0) is 11.2 Å². The van der Waals surface area contributed by atoms with Crippen molar-refractivity contribution in [3.05, 3.63) is 58.4 Å². The van der Waals surface area contributed by atoms with Gasteiger partial charge in [-0.3, -0.25) is 9.59 Å². The number of nitrogens with one attached hydrogen (secondary N) is 1. The fraction of sp³-hybridized carbons (Fsp3) is 0.263. The van der Waals surface area contributed by atoms with Crippen LogP contribution < -0.4 is 10.2 Å². The summed E-state index contributed by atoms with van der Waals surface area (Å²) in [5, 5.41) is 2.72. The minimum atomic E-state index is -0.675. The van der Waals surface area contributed by atoms with Gasteiger partial charge < -0.3 is 10.2 Å². The minimum absolute atomic E-state index is 0.0431. The Kier molecular flexibility index (Phi) is 5.04. The largest absolute Gasteiger partial charge is 0.322 e. The Morgan fingerprint density at radius 2 is 2.08 bits per heavy atom. The Labute approximate surface area is 150 Å². The summed E-state index contributed by atoms with van der Waals surface area (Å²) in [6, 6.07) is 9.51. The molecule has 0 bridgehead atoms. The highest BCUT2D eigenvalue weighted by Gasteiger charge is 2.22. The van der Waals surface area contributed by atoms with Crippen LogP contribution >= 0.6 is 11.6 Å². The Balaban J connectivity index is 1.89. The van der Waals surface area contributed by atoms with Gasteiger partial charge in [-0.2, -0.15) is 0 Å². The smallest absolute Gasteiger partial charge is 0.260 e. The summed E-state index contributed by atoms with van der Waals surface area (Å²) in [6.07, 6.45) is 2.21. The van der Waals surface area contributed by atoms with Crippen LogP contribution in [0.5, 0.6) is 0 Å². The third-order valence-electron chi connectivity index (χ3n) is 4.26. The van der Waals surface area contributed by atoms with Gasteiger partial charge in [-0.25, -0.2) is 4.39 Å². The molecule has 1 N–H and O–H groups in total. The van der Waals surface area contributed by atoms with Crippen molar-refractivity contribution >= 4 is 34.8 Å². The van der Waals surface area contributed by atoms with E-state index in [0.717, 1.165) is 24.1 Å². The molecule has 1 aliphatic rings. The molecular formula is C19H18ClFN2O2. The van der Waals surface area contributed by atoms with Crippen molar-refractivity contribution < 1.29 is 14.0 Å². The number of nitrogens with zero attached hydrogens (tertiary/aromatic N) is 1. The van der Waals surface area contributed by atoms with Crippen molar-refractivity contribution in [1.82, 2.24) is 0 Å². The topological polar surface area (TPSA) is 49.4 Å². The lowest BCUT2D eigenvalue weighted by molar-refractivity contribution is -0.118. The summed E-state index contributed by atoms with van der Waals surface area (Å²) in [4.78, 5) is 26.3. The number of amides is 2. The van der Waals surface area contributed by atoms with E-state index in [4.69, 9.17) is 11.6 Å². The minimum Gasteiger partial charge on any atom is -0.322 e. The maximum Gasteiger partial charge on any atom is 0.260 e. The molecule has 0 aromatic heterocycles. The standard InChI is InChI=1S/C19H18ClFN2O2/c1-2-17(24)23-10-4-5-12-8-9-13(11-16(12)23)22-19(25)18-14(20)6-3-7-15(18)21/h3,6-9,11H,2,4-5,10H2,1H3,(H,22,25). The Bertz CT molecular complexity index is 818. The predicted molar refractivity (Wildman–Crippen MR) is 96.8 cm³/mol. The van der Waals surface area contributed by atoms with Crippen LogP contribution in [0.1, 0.15) is 35.7 Å². The number of fused-ring (bicyclic) bond motifs is 1. The number of hydrogen-bond acceptors (Lipinski definition) is 2. The van der Waals surface area contributed by atoms with Crippen LogP contribution in [-0.4, -0.2) is 18.4 Å². The highest BCUT2D eigenvalue weighted by molar-refractivity contribution is 6.34. The lowest BCUT2D eigenvalue weighted by Crippen LogP contribution is -2.35. The molecule has 0 saturated carbocycles. The van der Waals surface area contributed by atoms with Crippen LogP contribution in [0.3, 0.4) is 0 Å². The zero-order chi connectivity index (χ0) is 18.0. The van der Waals surface area contributed by atoms with Gasteiger partial charge in [0.25, 0.3) is 5.91 Å². The van der Waals surface area contributed by atoms with Crippen molar-refractivity contribution in [2.75, 3.05) is 16.8 Å². The maximum absolute atomic E-state index is 13.9. The van der Waals surface area contributed by atoms with Gasteiger partial charge in [-0.15, -0.1) is 0 Å². The van der Waals surface area contributed by atoms with Crippen LogP contribution in [0.4, 0.5) is 15.8 Å². The highest BCUT2D eigenvalue weighted by Crippen LogP contribution is 2.31. The molecule has 0 saturated heterocycles. The molecule has 2 aromatic rings. The zero-order valence-corrected chi connectivity index (χ0v) is 14.6. The first-order valence-corrected chi connectivity index (χ1v) is 8.57. The lowest BCUT2D eigenvalue weighted by atomic mass is 10.0. The predicted octanol–water partition coefficient (Wildman–Crippen LogP) is 4.42. The van der Waals surface area contributed by atoms with Crippen molar-refractivity contribution in [3.8, 4) is 0 Å². The van der Waals surface area contributed by atoms with E-state index in [9.17, 15) is 14.0 Å². The van der Waals surface area contributed by atoms with Crippen LogP contribution in [0, 0.1) is 5.82 Å². The fourth-order valence-electron chi connectivity index (χ4n) is 3.01. The first kappa shape index (κ1) is 17.4. The summed E-state index contributed by atoms with van der Waals surface area (Å²) in [5.41, 5.74) is 2.17. The molecule has 130 valence electrons. The highest BCUT2D eigenvalue weighted by atomic mass is 35.5. The first-order chi connectivity index (χ1) is 12.0. The summed E-state index contributed by atoms with van der Waals surface area (Å²) < 4.78 is 13.9. The third kappa shape index (κ3) is 3.51. The van der Waals surface area contributed by atoms with E-state index in [1.807, 2.05) is 13.0 Å². The second-order valence-corrected chi connectivity index (χ2v) is 6.30. The van der Waals surface area contributed by atoms with E-state index in [-0.39, 0.29) is 16.5 Å². The van der Waals surface area contributed by atoms with Gasteiger partial charge in [-0.05, 0) is 42.7 Å². The number of carbonyl (C=O) groups excluding carboxylic acids is 2. The Morgan fingerprint density at radius 1 is 1.28 bits per heavy atom. The number of rotatable bonds is 3. The van der Waals surface area contributed by atoms with Crippen molar-refractivity contribution in [1.29, 1.82) is 0 Å². The van der Waals surface area contributed by atoms with Gasteiger partial charge in [0.1, 0.15) is 5.82 Å². The quantitative estimate of drug-likeness (QED) is 0.880. The van der Waals surface area contributed by atoms with Crippen molar-refractivity contribution in [2.24, 2.45) is 0 Å². The fourth-order valence-corrected chi connectivity index (χ4v) is 3.26. The van der Waals surface area contributed by atoms with Gasteiger partial charge in [0.15, 0.2) is 0 Å². The van der Waals surface area contributed by atoms with Gasteiger partial charge in [0.2, 0.25) is 5.91 Å².